The molecule has 1 atom stereocenters. The molecule has 0 N–H and O–H groups in total. The first-order chi connectivity index (χ1) is 13.9. The molecule has 3 aromatic rings. The zero-order valence-electron chi connectivity index (χ0n) is 17.1. The van der Waals surface area contributed by atoms with Gasteiger partial charge < -0.3 is 4.74 Å². The summed E-state index contributed by atoms with van der Waals surface area (Å²) in [5, 5.41) is 4.99. The van der Waals surface area contributed by atoms with Gasteiger partial charge in [-0.1, -0.05) is 49.9 Å². The first-order valence-corrected chi connectivity index (χ1v) is 11.0. The van der Waals surface area contributed by atoms with Crippen molar-refractivity contribution >= 4 is 23.5 Å². The fourth-order valence-electron chi connectivity index (χ4n) is 4.07. The molecule has 8 heteroatoms. The number of hydrogen-bond donors (Lipinski definition) is 0. The van der Waals surface area contributed by atoms with Crippen LogP contribution in [0.4, 0.5) is 0 Å². The van der Waals surface area contributed by atoms with Crippen molar-refractivity contribution in [2.75, 3.05) is 12.9 Å². The van der Waals surface area contributed by atoms with E-state index in [-0.39, 0.29) is 17.5 Å². The van der Waals surface area contributed by atoms with Crippen LogP contribution in [0.3, 0.4) is 0 Å². The van der Waals surface area contributed by atoms with Gasteiger partial charge in [0.05, 0.1) is 17.9 Å². The molecule has 0 saturated heterocycles. The van der Waals surface area contributed by atoms with Gasteiger partial charge in [0.15, 0.2) is 5.16 Å². The van der Waals surface area contributed by atoms with E-state index in [0.717, 1.165) is 24.0 Å². The lowest BCUT2D eigenvalue weighted by molar-refractivity contribution is -0.143. The summed E-state index contributed by atoms with van der Waals surface area (Å²) in [5.74, 6) is -0.0442. The summed E-state index contributed by atoms with van der Waals surface area (Å²) >= 11 is 1.36. The first kappa shape index (κ1) is 19.7. The molecule has 0 bridgehead atoms. The van der Waals surface area contributed by atoms with Gasteiger partial charge >= 0.3 is 5.97 Å². The highest BCUT2D eigenvalue weighted by Crippen LogP contribution is 2.42. The average Bonchev–Trinajstić information content (AvgIpc) is 3.06. The van der Waals surface area contributed by atoms with Crippen LogP contribution in [0.2, 0.25) is 0 Å². The minimum atomic E-state index is -0.407. The molecule has 2 aromatic heterocycles. The maximum Gasteiger partial charge on any atom is 0.327 e. The van der Waals surface area contributed by atoms with Crippen LogP contribution in [0.25, 0.3) is 17.0 Å². The largest absolute Gasteiger partial charge is 0.465 e. The Bertz CT molecular complexity index is 1170. The maximum absolute atomic E-state index is 13.7. The lowest BCUT2D eigenvalue weighted by atomic mass is 9.69. The minimum Gasteiger partial charge on any atom is -0.465 e. The Kier molecular flexibility index (Phi) is 4.98. The number of fused-ring (bicyclic) bond motifs is 4. The van der Waals surface area contributed by atoms with Gasteiger partial charge in [-0.3, -0.25) is 9.59 Å². The molecule has 1 aromatic carbocycles. The zero-order valence-corrected chi connectivity index (χ0v) is 17.9. The van der Waals surface area contributed by atoms with Gasteiger partial charge in [-0.15, -0.1) is 5.10 Å². The van der Waals surface area contributed by atoms with Crippen molar-refractivity contribution < 1.29 is 9.53 Å². The van der Waals surface area contributed by atoms with E-state index in [2.05, 4.69) is 25.0 Å². The molecule has 0 radical (unpaired) electrons. The Balaban J connectivity index is 2.04. The lowest BCUT2D eigenvalue weighted by Gasteiger charge is -2.34. The van der Waals surface area contributed by atoms with Crippen molar-refractivity contribution in [3.05, 3.63) is 45.7 Å². The molecule has 0 amide bonds. The van der Waals surface area contributed by atoms with Crippen LogP contribution in [-0.2, 0) is 27.9 Å². The molecule has 0 spiro atoms. The minimum absolute atomic E-state index is 0.0875. The smallest absolute Gasteiger partial charge is 0.327 e. The number of carbonyl (C=O) groups excluding carboxylic acids is 1. The molecule has 0 aliphatic heterocycles. The van der Waals surface area contributed by atoms with E-state index in [9.17, 15) is 9.59 Å². The van der Waals surface area contributed by atoms with E-state index in [1.54, 1.807) is 6.92 Å². The molecule has 0 unspecified atom stereocenters. The second kappa shape index (κ2) is 7.33. The number of benzene rings is 1. The van der Waals surface area contributed by atoms with E-state index < -0.39 is 5.97 Å². The predicted molar refractivity (Wildman–Crippen MR) is 112 cm³/mol. The quantitative estimate of drug-likeness (QED) is 0.473. The summed E-state index contributed by atoms with van der Waals surface area (Å²) in [6.45, 7) is 6.19. The molecule has 29 heavy (non-hydrogen) atoms. The molecule has 0 saturated carbocycles. The summed E-state index contributed by atoms with van der Waals surface area (Å²) in [6, 6.07) is 8.08. The fourth-order valence-corrected chi connectivity index (χ4v) is 4.60. The number of aromatic nitrogens is 4. The molecule has 0 fully saturated rings. The number of rotatable bonds is 5. The van der Waals surface area contributed by atoms with E-state index in [1.807, 2.05) is 24.5 Å². The summed E-state index contributed by atoms with van der Waals surface area (Å²) in [6.07, 6.45) is 3.47. The predicted octanol–water partition coefficient (Wildman–Crippen LogP) is 3.07. The van der Waals surface area contributed by atoms with Gasteiger partial charge in [0.1, 0.15) is 6.54 Å². The van der Waals surface area contributed by atoms with Crippen molar-refractivity contribution in [1.29, 1.82) is 0 Å². The average molecular weight is 413 g/mol. The van der Waals surface area contributed by atoms with Gasteiger partial charge in [0.25, 0.3) is 5.56 Å². The standard InChI is InChI=1S/C21H24N4O3S/c1-5-21(3)11-13-9-7-8-10-14(13)17-16(21)18(27)25-19(22-17)24(23-20(25)29-4)12-15(26)28-6-2/h7-10H,5-6,11-12H2,1-4H3/t21-/m0/s1. The lowest BCUT2D eigenvalue weighted by Crippen LogP contribution is -2.38. The van der Waals surface area contributed by atoms with Crippen molar-refractivity contribution in [3.63, 3.8) is 0 Å². The Morgan fingerprint density at radius 1 is 1.31 bits per heavy atom. The van der Waals surface area contributed by atoms with Gasteiger partial charge in [0, 0.05) is 11.0 Å². The number of carbonyl (C=O) groups is 1. The number of ether oxygens (including phenoxy) is 1. The van der Waals surface area contributed by atoms with Crippen LogP contribution >= 0.6 is 11.8 Å². The van der Waals surface area contributed by atoms with Crippen molar-refractivity contribution in [2.45, 2.75) is 50.7 Å². The monoisotopic (exact) mass is 412 g/mol. The second-order valence-electron chi connectivity index (χ2n) is 7.47. The normalized spacial score (nSPS) is 17.8. The Labute approximate surface area is 173 Å². The molecule has 152 valence electrons. The number of nitrogens with zero attached hydrogens (tertiary/aromatic N) is 4. The molecular weight excluding hydrogens is 388 g/mol. The third kappa shape index (κ3) is 3.06. The van der Waals surface area contributed by atoms with Gasteiger partial charge in [0.2, 0.25) is 5.78 Å². The molecule has 1 aliphatic rings. The van der Waals surface area contributed by atoms with E-state index >= 15 is 0 Å². The Morgan fingerprint density at radius 3 is 2.76 bits per heavy atom. The fraction of sp³-hybridized carbons (Fsp3) is 0.429. The van der Waals surface area contributed by atoms with Crippen LogP contribution in [-0.4, -0.2) is 38.0 Å². The molecular formula is C21H24N4O3S. The highest BCUT2D eigenvalue weighted by Gasteiger charge is 2.38. The van der Waals surface area contributed by atoms with Crippen molar-refractivity contribution in [1.82, 2.24) is 19.2 Å². The molecule has 4 rings (SSSR count). The highest BCUT2D eigenvalue weighted by molar-refractivity contribution is 7.98. The summed E-state index contributed by atoms with van der Waals surface area (Å²) < 4.78 is 8.06. The third-order valence-electron chi connectivity index (χ3n) is 5.70. The van der Waals surface area contributed by atoms with Crippen LogP contribution in [0, 0.1) is 0 Å². The van der Waals surface area contributed by atoms with Crippen LogP contribution < -0.4 is 5.56 Å². The van der Waals surface area contributed by atoms with Gasteiger partial charge in [-0.05, 0) is 31.6 Å². The number of thioether (sulfide) groups is 1. The summed E-state index contributed by atoms with van der Waals surface area (Å²) in [4.78, 5) is 30.7. The van der Waals surface area contributed by atoms with Gasteiger partial charge in [-0.2, -0.15) is 0 Å². The molecule has 2 heterocycles. The van der Waals surface area contributed by atoms with Gasteiger partial charge in [-0.25, -0.2) is 14.1 Å². The van der Waals surface area contributed by atoms with Crippen LogP contribution in [0.15, 0.2) is 34.2 Å². The summed E-state index contributed by atoms with van der Waals surface area (Å²) in [5.41, 5.74) is 3.16. The Hall–Kier alpha value is -2.61. The maximum atomic E-state index is 13.7. The SMILES string of the molecule is CCOC(=O)Cn1nc(SC)n2c(=O)c3c(nc12)-c1ccccc1C[C@]3(C)CC. The topological polar surface area (TPSA) is 78.5 Å². The Morgan fingerprint density at radius 2 is 2.07 bits per heavy atom. The van der Waals surface area contributed by atoms with Crippen molar-refractivity contribution in [3.8, 4) is 11.3 Å². The number of esters is 1. The zero-order chi connectivity index (χ0) is 20.8. The van der Waals surface area contributed by atoms with Crippen LogP contribution in [0.5, 0.6) is 0 Å². The second-order valence-corrected chi connectivity index (χ2v) is 8.25. The summed E-state index contributed by atoms with van der Waals surface area (Å²) in [7, 11) is 0. The van der Waals surface area contributed by atoms with E-state index in [1.165, 1.54) is 26.4 Å². The highest BCUT2D eigenvalue weighted by atomic mass is 32.2. The molecule has 1 aliphatic carbocycles. The number of hydrogen-bond acceptors (Lipinski definition) is 6. The van der Waals surface area contributed by atoms with E-state index in [0.29, 0.717) is 23.2 Å². The van der Waals surface area contributed by atoms with Crippen molar-refractivity contribution in [2.24, 2.45) is 0 Å². The third-order valence-corrected chi connectivity index (χ3v) is 6.33. The van der Waals surface area contributed by atoms with Crippen LogP contribution in [0.1, 0.15) is 38.3 Å². The first-order valence-electron chi connectivity index (χ1n) is 9.75. The van der Waals surface area contributed by atoms with E-state index in [4.69, 9.17) is 9.72 Å². The molecule has 7 nitrogen and oxygen atoms in total.